The van der Waals surface area contributed by atoms with Gasteiger partial charge in [-0.3, -0.25) is 4.79 Å². The molecule has 0 heterocycles. The molecule has 0 unspecified atom stereocenters. The number of hydrogen-bond acceptors (Lipinski definition) is 3. The van der Waals surface area contributed by atoms with E-state index in [1.165, 1.54) is 17.7 Å². The van der Waals surface area contributed by atoms with Crippen LogP contribution < -0.4 is 5.32 Å². The molecule has 2 aromatic carbocycles. The molecule has 0 radical (unpaired) electrons. The number of nitrogens with one attached hydrogen (secondary N) is 1. The zero-order valence-electron chi connectivity index (χ0n) is 14.2. The normalized spacial score (nSPS) is 11.7. The third-order valence-corrected chi connectivity index (χ3v) is 4.46. The Labute approximate surface area is 157 Å². The molecular weight excluding hydrogens is 361 g/mol. The van der Waals surface area contributed by atoms with E-state index in [1.807, 2.05) is 39.0 Å². The number of ether oxygens (including phenoxy) is 1. The van der Waals surface area contributed by atoms with Gasteiger partial charge in [-0.25, -0.2) is 4.79 Å². The number of carbonyl (C=O) groups is 2. The Balaban J connectivity index is 1.92. The van der Waals surface area contributed by atoms with Gasteiger partial charge in [-0.15, -0.1) is 0 Å². The predicted molar refractivity (Wildman–Crippen MR) is 99.2 cm³/mol. The van der Waals surface area contributed by atoms with Crippen molar-refractivity contribution in [2.24, 2.45) is 0 Å². The van der Waals surface area contributed by atoms with Crippen LogP contribution in [0.2, 0.25) is 10.0 Å². The lowest BCUT2D eigenvalue weighted by molar-refractivity contribution is -0.124. The van der Waals surface area contributed by atoms with Crippen LogP contribution >= 0.6 is 23.2 Å². The lowest BCUT2D eigenvalue weighted by Gasteiger charge is -2.16. The number of hydrogen-bond donors (Lipinski definition) is 1. The molecule has 2 aromatic rings. The summed E-state index contributed by atoms with van der Waals surface area (Å²) >= 11 is 11.8. The van der Waals surface area contributed by atoms with Crippen LogP contribution in [0.25, 0.3) is 0 Å². The molecule has 1 amide bonds. The van der Waals surface area contributed by atoms with Crippen LogP contribution in [0.1, 0.15) is 40.0 Å². The van der Waals surface area contributed by atoms with Gasteiger partial charge >= 0.3 is 5.97 Å². The van der Waals surface area contributed by atoms with Crippen molar-refractivity contribution in [2.75, 3.05) is 6.61 Å². The summed E-state index contributed by atoms with van der Waals surface area (Å²) in [5.41, 5.74) is 3.46. The first-order valence-electron chi connectivity index (χ1n) is 7.76. The highest BCUT2D eigenvalue weighted by Gasteiger charge is 2.16. The summed E-state index contributed by atoms with van der Waals surface area (Å²) in [5.74, 6) is -1.08. The smallest absolute Gasteiger partial charge is 0.340 e. The molecule has 1 N–H and O–H groups in total. The fraction of sp³-hybridized carbons (Fsp3) is 0.263. The lowest BCUT2D eigenvalue weighted by Crippen LogP contribution is -2.31. The Kier molecular flexibility index (Phi) is 6.45. The molecule has 0 saturated carbocycles. The highest BCUT2D eigenvalue weighted by Crippen LogP contribution is 2.21. The summed E-state index contributed by atoms with van der Waals surface area (Å²) in [5, 5.41) is 3.39. The van der Waals surface area contributed by atoms with Crippen molar-refractivity contribution in [1.29, 1.82) is 0 Å². The molecule has 1 atom stereocenters. The van der Waals surface area contributed by atoms with E-state index in [4.69, 9.17) is 27.9 Å². The molecule has 0 aliphatic heterocycles. The quantitative estimate of drug-likeness (QED) is 0.769. The predicted octanol–water partition coefficient (Wildman–Crippen LogP) is 4.64. The Morgan fingerprint density at radius 1 is 1.08 bits per heavy atom. The highest BCUT2D eigenvalue weighted by molar-refractivity contribution is 6.35. The summed E-state index contributed by atoms with van der Waals surface area (Å²) in [6.07, 6.45) is 0. The van der Waals surface area contributed by atoms with E-state index in [2.05, 4.69) is 5.32 Å². The minimum absolute atomic E-state index is 0.129. The number of halogens is 2. The lowest BCUT2D eigenvalue weighted by atomic mass is 10.0. The Bertz CT molecular complexity index is 805. The number of esters is 1. The molecule has 6 heteroatoms. The maximum Gasteiger partial charge on any atom is 0.340 e. The first-order chi connectivity index (χ1) is 11.8. The molecule has 0 fully saturated rings. The summed E-state index contributed by atoms with van der Waals surface area (Å²) in [7, 11) is 0. The van der Waals surface area contributed by atoms with Gasteiger partial charge in [0, 0.05) is 5.02 Å². The summed E-state index contributed by atoms with van der Waals surface area (Å²) < 4.78 is 5.01. The van der Waals surface area contributed by atoms with E-state index in [0.29, 0.717) is 5.02 Å². The van der Waals surface area contributed by atoms with Crippen LogP contribution in [0, 0.1) is 13.8 Å². The van der Waals surface area contributed by atoms with E-state index in [0.717, 1.165) is 11.1 Å². The number of rotatable bonds is 5. The number of aryl methyl sites for hydroxylation is 2. The maximum absolute atomic E-state index is 12.0. The fourth-order valence-corrected chi connectivity index (χ4v) is 2.63. The monoisotopic (exact) mass is 379 g/mol. The molecule has 25 heavy (non-hydrogen) atoms. The van der Waals surface area contributed by atoms with Crippen LogP contribution in [0.5, 0.6) is 0 Å². The minimum atomic E-state index is -0.693. The zero-order valence-corrected chi connectivity index (χ0v) is 15.7. The Morgan fingerprint density at radius 2 is 1.80 bits per heavy atom. The Hall–Kier alpha value is -2.04. The van der Waals surface area contributed by atoms with E-state index >= 15 is 0 Å². The van der Waals surface area contributed by atoms with E-state index in [9.17, 15) is 9.59 Å². The second kappa shape index (κ2) is 8.37. The molecular formula is C19H19Cl2NO3. The van der Waals surface area contributed by atoms with Gasteiger partial charge in [0.2, 0.25) is 0 Å². The van der Waals surface area contributed by atoms with Gasteiger partial charge in [0.25, 0.3) is 5.91 Å². The van der Waals surface area contributed by atoms with Gasteiger partial charge < -0.3 is 10.1 Å². The van der Waals surface area contributed by atoms with Crippen molar-refractivity contribution in [3.63, 3.8) is 0 Å². The van der Waals surface area contributed by atoms with Crippen molar-refractivity contribution in [1.82, 2.24) is 5.32 Å². The van der Waals surface area contributed by atoms with E-state index in [-0.39, 0.29) is 16.6 Å². The van der Waals surface area contributed by atoms with Gasteiger partial charge in [-0.05, 0) is 55.7 Å². The number of benzene rings is 2. The second-order valence-corrected chi connectivity index (χ2v) is 6.68. The van der Waals surface area contributed by atoms with Crippen LogP contribution in [0.3, 0.4) is 0 Å². The van der Waals surface area contributed by atoms with E-state index < -0.39 is 18.5 Å². The second-order valence-electron chi connectivity index (χ2n) is 5.83. The summed E-state index contributed by atoms with van der Waals surface area (Å²) in [4.78, 5) is 24.0. The fourth-order valence-electron chi connectivity index (χ4n) is 2.26. The molecule has 0 aromatic heterocycles. The van der Waals surface area contributed by atoms with Gasteiger partial charge in [0.1, 0.15) is 0 Å². The summed E-state index contributed by atoms with van der Waals surface area (Å²) in [6, 6.07) is 10.3. The first-order valence-corrected chi connectivity index (χ1v) is 8.52. The molecule has 0 aliphatic carbocycles. The topological polar surface area (TPSA) is 55.4 Å². The third-order valence-electron chi connectivity index (χ3n) is 3.89. The average Bonchev–Trinajstić information content (AvgIpc) is 2.57. The average molecular weight is 380 g/mol. The van der Waals surface area contributed by atoms with Crippen LogP contribution in [-0.2, 0) is 9.53 Å². The minimum Gasteiger partial charge on any atom is -0.452 e. The van der Waals surface area contributed by atoms with E-state index in [1.54, 1.807) is 6.07 Å². The molecule has 0 aliphatic rings. The maximum atomic E-state index is 12.0. The van der Waals surface area contributed by atoms with Crippen LogP contribution in [0.4, 0.5) is 0 Å². The number of carbonyl (C=O) groups excluding carboxylic acids is 2. The van der Waals surface area contributed by atoms with Crippen molar-refractivity contribution < 1.29 is 14.3 Å². The standard InChI is InChI=1S/C19H19Cl2NO3/c1-11-4-5-14(8-12(11)2)13(3)22-18(23)10-25-19(24)16-9-15(20)6-7-17(16)21/h4-9,13H,10H2,1-3H3,(H,22,23)/t13-/m1/s1. The van der Waals surface area contributed by atoms with Crippen LogP contribution in [0.15, 0.2) is 36.4 Å². The molecule has 0 bridgehead atoms. The zero-order chi connectivity index (χ0) is 18.6. The van der Waals surface area contributed by atoms with Crippen molar-refractivity contribution >= 4 is 35.1 Å². The number of amides is 1. The first kappa shape index (κ1) is 19.3. The van der Waals surface area contributed by atoms with Crippen molar-refractivity contribution in [3.05, 3.63) is 68.7 Å². The third kappa shape index (κ3) is 5.21. The molecule has 0 spiro atoms. The van der Waals surface area contributed by atoms with Gasteiger partial charge in [0.05, 0.1) is 16.6 Å². The largest absolute Gasteiger partial charge is 0.452 e. The Morgan fingerprint density at radius 3 is 2.48 bits per heavy atom. The van der Waals surface area contributed by atoms with Gasteiger partial charge in [0.15, 0.2) is 6.61 Å². The highest BCUT2D eigenvalue weighted by atomic mass is 35.5. The molecule has 2 rings (SSSR count). The SMILES string of the molecule is Cc1ccc([C@@H](C)NC(=O)COC(=O)c2cc(Cl)ccc2Cl)cc1C. The van der Waals surface area contributed by atoms with Gasteiger partial charge in [-0.2, -0.15) is 0 Å². The molecule has 132 valence electrons. The van der Waals surface area contributed by atoms with Crippen LogP contribution in [-0.4, -0.2) is 18.5 Å². The molecule has 4 nitrogen and oxygen atoms in total. The van der Waals surface area contributed by atoms with Crippen molar-refractivity contribution in [3.8, 4) is 0 Å². The molecule has 0 saturated heterocycles. The van der Waals surface area contributed by atoms with Gasteiger partial charge in [-0.1, -0.05) is 41.4 Å². The summed E-state index contributed by atoms with van der Waals surface area (Å²) in [6.45, 7) is 5.53. The van der Waals surface area contributed by atoms with Crippen molar-refractivity contribution in [2.45, 2.75) is 26.8 Å².